The van der Waals surface area contributed by atoms with Crippen LogP contribution in [0, 0.1) is 0 Å². The Kier molecular flexibility index (Phi) is 12.9. The molecule has 2 aromatic rings. The number of ketones is 1. The molecule has 0 radical (unpaired) electrons. The highest BCUT2D eigenvalue weighted by molar-refractivity contribution is 7.99. The van der Waals surface area contributed by atoms with E-state index in [0.29, 0.717) is 30.3 Å². The second-order valence-corrected chi connectivity index (χ2v) is 10.2. The van der Waals surface area contributed by atoms with E-state index >= 15 is 0 Å². The number of rotatable bonds is 6. The van der Waals surface area contributed by atoms with Gasteiger partial charge in [0.1, 0.15) is 0 Å². The van der Waals surface area contributed by atoms with Crippen molar-refractivity contribution in [3.05, 3.63) is 83.5 Å². The van der Waals surface area contributed by atoms with Gasteiger partial charge < -0.3 is 25.3 Å². The van der Waals surface area contributed by atoms with E-state index < -0.39 is 23.9 Å². The first-order valence-corrected chi connectivity index (χ1v) is 13.3. The number of carbonyl (C=O) groups is 5. The summed E-state index contributed by atoms with van der Waals surface area (Å²) in [6, 6.07) is 15.4. The molecule has 0 bridgehead atoms. The number of Topliss-reactive ketones (excluding diaryl/α,β-unsaturated/α-hetero) is 1. The van der Waals surface area contributed by atoms with Crippen LogP contribution in [0.5, 0.6) is 0 Å². The Morgan fingerprint density at radius 2 is 1.27 bits per heavy atom. The lowest BCUT2D eigenvalue weighted by atomic mass is 9.95. The summed E-state index contributed by atoms with van der Waals surface area (Å²) in [5.41, 5.74) is 3.55. The molecule has 11 nitrogen and oxygen atoms in total. The van der Waals surface area contributed by atoms with Gasteiger partial charge in [0.15, 0.2) is 5.78 Å². The van der Waals surface area contributed by atoms with E-state index in [-0.39, 0.29) is 5.78 Å². The molecule has 2 aliphatic heterocycles. The lowest BCUT2D eigenvalue weighted by Gasteiger charge is -2.38. The molecule has 0 aliphatic carbocycles. The number of aliphatic carboxylic acids is 4. The van der Waals surface area contributed by atoms with Crippen LogP contribution in [0.3, 0.4) is 0 Å². The van der Waals surface area contributed by atoms with Crippen molar-refractivity contribution >= 4 is 41.4 Å². The van der Waals surface area contributed by atoms with Crippen LogP contribution in [-0.4, -0.2) is 93.1 Å². The molecule has 12 heteroatoms. The van der Waals surface area contributed by atoms with E-state index in [4.69, 9.17) is 20.4 Å². The maximum absolute atomic E-state index is 11.8. The molecule has 0 saturated carbocycles. The third-order valence-electron chi connectivity index (χ3n) is 6.09. The third-order valence-corrected chi connectivity index (χ3v) is 7.30. The Labute approximate surface area is 241 Å². The maximum atomic E-state index is 11.8. The molecule has 0 aromatic heterocycles. The molecule has 1 atom stereocenters. The lowest BCUT2D eigenvalue weighted by molar-refractivity contribution is -0.134. The van der Waals surface area contributed by atoms with E-state index in [1.165, 1.54) is 20.9 Å². The largest absolute Gasteiger partial charge is 0.478 e. The summed E-state index contributed by atoms with van der Waals surface area (Å²) in [6.45, 7) is 6.08. The first-order valence-electron chi connectivity index (χ1n) is 12.5. The SMILES string of the molecule is CC(=O)c1ccc2c(c1)CC(N1CCN(C)CC1)c1ccccc1S2.O=C(O)/C=C\C(=O)O.O=C(O)/C=C\C(=O)O. The number of fused-ring (bicyclic) bond motifs is 2. The van der Waals surface area contributed by atoms with Crippen LogP contribution in [0.1, 0.15) is 34.5 Å². The highest BCUT2D eigenvalue weighted by Crippen LogP contribution is 2.43. The van der Waals surface area contributed by atoms with E-state index in [0.717, 1.165) is 38.2 Å². The van der Waals surface area contributed by atoms with Gasteiger partial charge in [-0.05, 0) is 49.7 Å². The van der Waals surface area contributed by atoms with Gasteiger partial charge in [-0.3, -0.25) is 9.69 Å². The van der Waals surface area contributed by atoms with Gasteiger partial charge in [-0.25, -0.2) is 19.2 Å². The third kappa shape index (κ3) is 11.4. The molecule has 2 aromatic carbocycles. The van der Waals surface area contributed by atoms with Crippen molar-refractivity contribution in [2.75, 3.05) is 33.2 Å². The van der Waals surface area contributed by atoms with E-state index in [2.05, 4.69) is 53.2 Å². The van der Waals surface area contributed by atoms with Crippen LogP contribution < -0.4 is 0 Å². The van der Waals surface area contributed by atoms with E-state index in [1.807, 2.05) is 17.8 Å². The van der Waals surface area contributed by atoms with Crippen LogP contribution in [0.2, 0.25) is 0 Å². The fourth-order valence-electron chi connectivity index (χ4n) is 4.09. The minimum absolute atomic E-state index is 0.144. The molecule has 2 aliphatic rings. The summed E-state index contributed by atoms with van der Waals surface area (Å²) in [4.78, 5) is 57.7. The highest BCUT2D eigenvalue weighted by Gasteiger charge is 2.29. The quantitative estimate of drug-likeness (QED) is 0.289. The van der Waals surface area contributed by atoms with Crippen molar-refractivity contribution in [1.82, 2.24) is 9.80 Å². The van der Waals surface area contributed by atoms with Crippen LogP contribution in [0.25, 0.3) is 0 Å². The summed E-state index contributed by atoms with van der Waals surface area (Å²) < 4.78 is 0. The summed E-state index contributed by atoms with van der Waals surface area (Å²) in [6.07, 6.45) is 3.21. The zero-order valence-electron chi connectivity index (χ0n) is 22.6. The molecule has 4 N–H and O–H groups in total. The Morgan fingerprint density at radius 1 is 0.756 bits per heavy atom. The molecule has 0 amide bonds. The number of piperazine rings is 1. The van der Waals surface area contributed by atoms with Crippen molar-refractivity contribution in [3.63, 3.8) is 0 Å². The minimum Gasteiger partial charge on any atom is -0.478 e. The summed E-state index contributed by atoms with van der Waals surface area (Å²) >= 11 is 1.84. The Hall–Kier alpha value is -4.26. The van der Waals surface area contributed by atoms with Gasteiger partial charge in [0.25, 0.3) is 0 Å². The van der Waals surface area contributed by atoms with Gasteiger partial charge in [0.05, 0.1) is 0 Å². The van der Waals surface area contributed by atoms with E-state index in [9.17, 15) is 24.0 Å². The maximum Gasteiger partial charge on any atom is 0.328 e. The molecule has 1 fully saturated rings. The second-order valence-electron chi connectivity index (χ2n) is 9.10. The fraction of sp³-hybridized carbons (Fsp3) is 0.276. The standard InChI is InChI=1S/C21H24N2OS.2C4H4O4/c1-15(24)16-7-8-20-17(13-16)14-19(23-11-9-22(2)10-12-23)18-5-3-4-6-21(18)25-20;2*5-3(6)1-2-4(7)8/h3-8,13,19H,9-12,14H2,1-2H3;2*1-2H,(H,5,6)(H,7,8)/b;2*2-1-. The molecule has 0 spiro atoms. The number of carbonyl (C=O) groups excluding carboxylic acids is 1. The topological polar surface area (TPSA) is 173 Å². The highest BCUT2D eigenvalue weighted by atomic mass is 32.2. The predicted molar refractivity (Wildman–Crippen MR) is 151 cm³/mol. The molecule has 41 heavy (non-hydrogen) atoms. The molecular weight excluding hydrogens is 552 g/mol. The van der Waals surface area contributed by atoms with Crippen LogP contribution in [0.15, 0.2) is 76.6 Å². The first kappa shape index (κ1) is 32.9. The molecule has 1 saturated heterocycles. The Balaban J connectivity index is 0.000000304. The number of hydrogen-bond donors (Lipinski definition) is 4. The molecule has 2 heterocycles. The van der Waals surface area contributed by atoms with Crippen molar-refractivity contribution in [2.24, 2.45) is 0 Å². The van der Waals surface area contributed by atoms with Gasteiger partial charge in [-0.1, -0.05) is 36.0 Å². The molecular formula is C29H32N2O9S. The number of likely N-dealkylation sites (N-methyl/N-ethyl adjacent to an activating group) is 1. The van der Waals surface area contributed by atoms with Gasteiger partial charge in [0, 0.05) is 71.9 Å². The fourth-order valence-corrected chi connectivity index (χ4v) is 5.20. The minimum atomic E-state index is -1.26. The number of hydrogen-bond acceptors (Lipinski definition) is 8. The van der Waals surface area contributed by atoms with Crippen LogP contribution in [-0.2, 0) is 25.6 Å². The zero-order chi connectivity index (χ0) is 30.5. The van der Waals surface area contributed by atoms with Gasteiger partial charge in [-0.2, -0.15) is 0 Å². The molecule has 1 unspecified atom stereocenters. The first-order chi connectivity index (χ1) is 19.4. The van der Waals surface area contributed by atoms with Gasteiger partial charge >= 0.3 is 23.9 Å². The summed E-state index contributed by atoms with van der Waals surface area (Å²) in [5, 5.41) is 31.2. The monoisotopic (exact) mass is 584 g/mol. The van der Waals surface area contributed by atoms with E-state index in [1.54, 1.807) is 6.92 Å². The van der Waals surface area contributed by atoms with Crippen LogP contribution >= 0.6 is 11.8 Å². The molecule has 4 rings (SSSR count). The van der Waals surface area contributed by atoms with Gasteiger partial charge in [-0.15, -0.1) is 0 Å². The number of benzene rings is 2. The second kappa shape index (κ2) is 16.1. The van der Waals surface area contributed by atoms with Crippen molar-refractivity contribution in [3.8, 4) is 0 Å². The molecule has 218 valence electrons. The summed E-state index contributed by atoms with van der Waals surface area (Å²) in [5.74, 6) is -4.88. The van der Waals surface area contributed by atoms with Crippen LogP contribution in [0.4, 0.5) is 0 Å². The number of carboxylic acid groups (broad SMARTS) is 4. The lowest BCUT2D eigenvalue weighted by Crippen LogP contribution is -2.46. The van der Waals surface area contributed by atoms with Crippen molar-refractivity contribution in [2.45, 2.75) is 29.2 Å². The average Bonchev–Trinajstić information content (AvgIpc) is 3.08. The average molecular weight is 585 g/mol. The van der Waals surface area contributed by atoms with Gasteiger partial charge in [0.2, 0.25) is 0 Å². The number of carboxylic acids is 4. The normalized spacial score (nSPS) is 16.7. The smallest absolute Gasteiger partial charge is 0.328 e. The Morgan fingerprint density at radius 3 is 1.76 bits per heavy atom. The van der Waals surface area contributed by atoms with Crippen molar-refractivity contribution < 1.29 is 44.4 Å². The number of nitrogens with zero attached hydrogens (tertiary/aromatic N) is 2. The zero-order valence-corrected chi connectivity index (χ0v) is 23.4. The predicted octanol–water partition coefficient (Wildman–Crippen LogP) is 3.31. The summed E-state index contributed by atoms with van der Waals surface area (Å²) in [7, 11) is 2.20. The van der Waals surface area contributed by atoms with Crippen molar-refractivity contribution in [1.29, 1.82) is 0 Å². The Bertz CT molecular complexity index is 1270.